The van der Waals surface area contributed by atoms with Crippen molar-refractivity contribution in [2.45, 2.75) is 25.6 Å². The standard InChI is InChI=1S/C16H16Cl2/c1-11-7-8-12(2)14(9-11)16(18)10-13-5-3-4-6-15(13)17/h3-9,16H,10H2,1-2H3. The van der Waals surface area contributed by atoms with Crippen LogP contribution in [-0.2, 0) is 6.42 Å². The maximum Gasteiger partial charge on any atom is 0.0628 e. The Labute approximate surface area is 119 Å². The van der Waals surface area contributed by atoms with Gasteiger partial charge in [0.25, 0.3) is 0 Å². The van der Waals surface area contributed by atoms with Crippen LogP contribution in [0.25, 0.3) is 0 Å². The first kappa shape index (κ1) is 13.5. The van der Waals surface area contributed by atoms with E-state index in [2.05, 4.69) is 32.0 Å². The van der Waals surface area contributed by atoms with Crippen molar-refractivity contribution in [3.05, 3.63) is 69.7 Å². The summed E-state index contributed by atoms with van der Waals surface area (Å²) in [6.07, 6.45) is 0.755. The number of aryl methyl sites for hydroxylation is 2. The van der Waals surface area contributed by atoms with Gasteiger partial charge in [-0.15, -0.1) is 11.6 Å². The zero-order chi connectivity index (χ0) is 13.1. The zero-order valence-corrected chi connectivity index (χ0v) is 12.1. The molecule has 2 aromatic carbocycles. The van der Waals surface area contributed by atoms with Crippen LogP contribution in [0, 0.1) is 13.8 Å². The summed E-state index contributed by atoms with van der Waals surface area (Å²) >= 11 is 12.7. The van der Waals surface area contributed by atoms with Gasteiger partial charge in [0, 0.05) is 5.02 Å². The van der Waals surface area contributed by atoms with Gasteiger partial charge < -0.3 is 0 Å². The van der Waals surface area contributed by atoms with Crippen LogP contribution in [0.4, 0.5) is 0 Å². The Morgan fingerprint density at radius 1 is 1.06 bits per heavy atom. The summed E-state index contributed by atoms with van der Waals surface area (Å²) in [6, 6.07) is 14.3. The van der Waals surface area contributed by atoms with Crippen molar-refractivity contribution < 1.29 is 0 Å². The Hall–Kier alpha value is -0.980. The van der Waals surface area contributed by atoms with Crippen LogP contribution in [0.3, 0.4) is 0 Å². The van der Waals surface area contributed by atoms with Crippen LogP contribution in [0.1, 0.15) is 27.6 Å². The van der Waals surface area contributed by atoms with Crippen LogP contribution in [0.2, 0.25) is 5.02 Å². The van der Waals surface area contributed by atoms with Crippen molar-refractivity contribution in [1.29, 1.82) is 0 Å². The molecule has 0 N–H and O–H groups in total. The third-order valence-corrected chi connectivity index (χ3v) is 3.89. The predicted molar refractivity (Wildman–Crippen MR) is 79.7 cm³/mol. The number of benzene rings is 2. The van der Waals surface area contributed by atoms with E-state index in [4.69, 9.17) is 23.2 Å². The summed E-state index contributed by atoms with van der Waals surface area (Å²) in [5, 5.41) is 0.748. The maximum absolute atomic E-state index is 6.53. The summed E-state index contributed by atoms with van der Waals surface area (Å²) < 4.78 is 0. The molecule has 0 heterocycles. The molecule has 1 atom stereocenters. The number of hydrogen-bond donors (Lipinski definition) is 0. The van der Waals surface area contributed by atoms with E-state index in [9.17, 15) is 0 Å². The molecule has 0 saturated heterocycles. The van der Waals surface area contributed by atoms with Crippen LogP contribution in [0.5, 0.6) is 0 Å². The number of halogens is 2. The highest BCUT2D eigenvalue weighted by Crippen LogP contribution is 2.30. The molecule has 0 saturated carbocycles. The molecule has 0 aromatic heterocycles. The Morgan fingerprint density at radius 3 is 2.50 bits per heavy atom. The molecule has 2 rings (SSSR count). The fraction of sp³-hybridized carbons (Fsp3) is 0.250. The number of alkyl halides is 1. The van der Waals surface area contributed by atoms with Crippen molar-refractivity contribution >= 4 is 23.2 Å². The Kier molecular flexibility index (Phi) is 4.31. The van der Waals surface area contributed by atoms with Crippen LogP contribution in [0.15, 0.2) is 42.5 Å². The van der Waals surface area contributed by atoms with E-state index in [0.29, 0.717) is 0 Å². The molecular weight excluding hydrogens is 263 g/mol. The van der Waals surface area contributed by atoms with Gasteiger partial charge >= 0.3 is 0 Å². The van der Waals surface area contributed by atoms with Crippen molar-refractivity contribution in [1.82, 2.24) is 0 Å². The van der Waals surface area contributed by atoms with Gasteiger partial charge in [0.15, 0.2) is 0 Å². The average Bonchev–Trinajstić information content (AvgIpc) is 2.35. The molecule has 0 bridgehead atoms. The molecule has 0 spiro atoms. The lowest BCUT2D eigenvalue weighted by atomic mass is 9.98. The highest BCUT2D eigenvalue weighted by atomic mass is 35.5. The van der Waals surface area contributed by atoms with Gasteiger partial charge in [0.1, 0.15) is 0 Å². The Balaban J connectivity index is 2.25. The predicted octanol–water partition coefficient (Wildman–Crippen LogP) is 5.48. The van der Waals surface area contributed by atoms with E-state index in [0.717, 1.165) is 17.0 Å². The highest BCUT2D eigenvalue weighted by Gasteiger charge is 2.13. The minimum atomic E-state index is -0.0372. The van der Waals surface area contributed by atoms with Gasteiger partial charge in [-0.2, -0.15) is 0 Å². The minimum absolute atomic E-state index is 0.0372. The van der Waals surface area contributed by atoms with Gasteiger partial charge in [0.05, 0.1) is 5.38 Å². The third-order valence-electron chi connectivity index (χ3n) is 3.13. The molecule has 0 fully saturated rings. The lowest BCUT2D eigenvalue weighted by molar-refractivity contribution is 0.908. The molecule has 0 nitrogen and oxygen atoms in total. The minimum Gasteiger partial charge on any atom is -0.117 e. The topological polar surface area (TPSA) is 0 Å². The lowest BCUT2D eigenvalue weighted by Gasteiger charge is -2.14. The van der Waals surface area contributed by atoms with Crippen LogP contribution in [-0.4, -0.2) is 0 Å². The maximum atomic E-state index is 6.53. The first-order valence-electron chi connectivity index (χ1n) is 6.02. The van der Waals surface area contributed by atoms with Gasteiger partial charge in [-0.25, -0.2) is 0 Å². The second kappa shape index (κ2) is 5.77. The molecule has 0 aliphatic rings. The van der Waals surface area contributed by atoms with Gasteiger partial charge in [-0.05, 0) is 43.0 Å². The molecule has 0 amide bonds. The molecular formula is C16H16Cl2. The normalized spacial score (nSPS) is 12.4. The number of hydrogen-bond acceptors (Lipinski definition) is 0. The Morgan fingerprint density at radius 2 is 1.78 bits per heavy atom. The SMILES string of the molecule is Cc1ccc(C)c(C(Cl)Cc2ccccc2Cl)c1. The Bertz CT molecular complexity index is 547. The summed E-state index contributed by atoms with van der Waals surface area (Å²) in [5.74, 6) is 0. The highest BCUT2D eigenvalue weighted by molar-refractivity contribution is 6.31. The summed E-state index contributed by atoms with van der Waals surface area (Å²) in [4.78, 5) is 0. The first-order valence-corrected chi connectivity index (χ1v) is 6.84. The van der Waals surface area contributed by atoms with Gasteiger partial charge in [-0.1, -0.05) is 53.6 Å². The van der Waals surface area contributed by atoms with E-state index in [-0.39, 0.29) is 5.38 Å². The smallest absolute Gasteiger partial charge is 0.0628 e. The first-order chi connectivity index (χ1) is 8.58. The molecule has 0 aliphatic carbocycles. The van der Waals surface area contributed by atoms with Crippen molar-refractivity contribution in [2.75, 3.05) is 0 Å². The zero-order valence-electron chi connectivity index (χ0n) is 10.6. The van der Waals surface area contributed by atoms with E-state index in [1.165, 1.54) is 16.7 Å². The van der Waals surface area contributed by atoms with Crippen molar-refractivity contribution in [2.24, 2.45) is 0 Å². The summed E-state index contributed by atoms with van der Waals surface area (Å²) in [6.45, 7) is 4.18. The quantitative estimate of drug-likeness (QED) is 0.653. The van der Waals surface area contributed by atoms with E-state index >= 15 is 0 Å². The molecule has 18 heavy (non-hydrogen) atoms. The monoisotopic (exact) mass is 278 g/mol. The summed E-state index contributed by atoms with van der Waals surface area (Å²) in [7, 11) is 0. The average molecular weight is 279 g/mol. The third kappa shape index (κ3) is 3.07. The second-order valence-corrected chi connectivity index (χ2v) is 5.56. The van der Waals surface area contributed by atoms with E-state index < -0.39 is 0 Å². The van der Waals surface area contributed by atoms with Crippen molar-refractivity contribution in [3.63, 3.8) is 0 Å². The van der Waals surface area contributed by atoms with Crippen LogP contribution >= 0.6 is 23.2 Å². The van der Waals surface area contributed by atoms with Crippen LogP contribution < -0.4 is 0 Å². The number of rotatable bonds is 3. The van der Waals surface area contributed by atoms with Gasteiger partial charge in [-0.3, -0.25) is 0 Å². The molecule has 0 radical (unpaired) electrons. The molecule has 94 valence electrons. The van der Waals surface area contributed by atoms with E-state index in [1.807, 2.05) is 24.3 Å². The fourth-order valence-corrected chi connectivity index (χ4v) is 2.68. The molecule has 1 unspecified atom stereocenters. The fourth-order valence-electron chi connectivity index (χ4n) is 2.06. The molecule has 2 heteroatoms. The second-order valence-electron chi connectivity index (χ2n) is 4.62. The van der Waals surface area contributed by atoms with E-state index in [1.54, 1.807) is 0 Å². The molecule has 0 aliphatic heterocycles. The molecule has 2 aromatic rings. The summed E-state index contributed by atoms with van der Waals surface area (Å²) in [5.41, 5.74) is 4.75. The van der Waals surface area contributed by atoms with Gasteiger partial charge in [0.2, 0.25) is 0 Å². The van der Waals surface area contributed by atoms with Crippen molar-refractivity contribution in [3.8, 4) is 0 Å². The largest absolute Gasteiger partial charge is 0.117 e. The lowest BCUT2D eigenvalue weighted by Crippen LogP contribution is -1.99.